The van der Waals surface area contributed by atoms with Crippen LogP contribution in [0.5, 0.6) is 11.5 Å². The molecule has 172 valence electrons. The van der Waals surface area contributed by atoms with Gasteiger partial charge in [0, 0.05) is 13.1 Å². The quantitative estimate of drug-likeness (QED) is 0.416. The first-order valence-electron chi connectivity index (χ1n) is 11.1. The Morgan fingerprint density at radius 3 is 2.84 bits per heavy atom. The van der Waals surface area contributed by atoms with Gasteiger partial charge in [0.25, 0.3) is 0 Å². The standard InChI is InChI=1S/C24H32N4O4/c1-27(2)12-5-13-31-22-14-17(8-10-21(22)30)15-25-24-26-19-6-3-4-7-20(19)28(24)23-11-9-18(16-29)32-23/h3-4,6-8,10,14,18,23,29-30H,5,9,11-13,15-16H2,1-2H3,(H,25,26)/t18-,23+/m0/s1. The lowest BCUT2D eigenvalue weighted by atomic mass is 10.2. The Kier molecular flexibility index (Phi) is 7.14. The largest absolute Gasteiger partial charge is 0.504 e. The summed E-state index contributed by atoms with van der Waals surface area (Å²) >= 11 is 0. The molecule has 2 atom stereocenters. The minimum absolute atomic E-state index is 0.0245. The number of nitrogens with zero attached hydrogens (tertiary/aromatic N) is 3. The molecule has 2 heterocycles. The Morgan fingerprint density at radius 2 is 2.06 bits per heavy atom. The van der Waals surface area contributed by atoms with Crippen molar-refractivity contribution in [1.82, 2.24) is 14.5 Å². The zero-order valence-electron chi connectivity index (χ0n) is 18.7. The molecule has 32 heavy (non-hydrogen) atoms. The zero-order chi connectivity index (χ0) is 22.5. The molecule has 0 radical (unpaired) electrons. The molecule has 0 bridgehead atoms. The highest BCUT2D eigenvalue weighted by atomic mass is 16.5. The van der Waals surface area contributed by atoms with Crippen LogP contribution in [0.3, 0.4) is 0 Å². The van der Waals surface area contributed by atoms with Gasteiger partial charge in [-0.1, -0.05) is 18.2 Å². The number of imidazole rings is 1. The van der Waals surface area contributed by atoms with E-state index in [0.717, 1.165) is 48.4 Å². The number of hydrogen-bond acceptors (Lipinski definition) is 7. The van der Waals surface area contributed by atoms with Crippen LogP contribution in [0.4, 0.5) is 5.95 Å². The van der Waals surface area contributed by atoms with Crippen molar-refractivity contribution in [2.45, 2.75) is 38.1 Å². The van der Waals surface area contributed by atoms with Gasteiger partial charge in [-0.25, -0.2) is 4.98 Å². The van der Waals surface area contributed by atoms with Crippen molar-refractivity contribution in [3.63, 3.8) is 0 Å². The molecule has 0 saturated carbocycles. The third-order valence-electron chi connectivity index (χ3n) is 5.65. The van der Waals surface area contributed by atoms with Gasteiger partial charge in [-0.3, -0.25) is 4.57 Å². The molecule has 2 aromatic carbocycles. The van der Waals surface area contributed by atoms with Crippen molar-refractivity contribution < 1.29 is 19.7 Å². The summed E-state index contributed by atoms with van der Waals surface area (Å²) in [6.45, 7) is 2.02. The Hall–Kier alpha value is -2.81. The van der Waals surface area contributed by atoms with E-state index >= 15 is 0 Å². The Morgan fingerprint density at radius 1 is 1.22 bits per heavy atom. The van der Waals surface area contributed by atoms with Crippen molar-refractivity contribution >= 4 is 17.0 Å². The fraction of sp³-hybridized carbons (Fsp3) is 0.458. The maximum absolute atomic E-state index is 10.2. The molecule has 1 saturated heterocycles. The van der Waals surface area contributed by atoms with Gasteiger partial charge in [-0.05, 0) is 63.2 Å². The second kappa shape index (κ2) is 10.2. The smallest absolute Gasteiger partial charge is 0.206 e. The normalized spacial score (nSPS) is 18.5. The summed E-state index contributed by atoms with van der Waals surface area (Å²) in [7, 11) is 4.05. The average molecular weight is 441 g/mol. The number of aromatic hydroxyl groups is 1. The topological polar surface area (TPSA) is 92.0 Å². The number of ether oxygens (including phenoxy) is 2. The van der Waals surface area contributed by atoms with E-state index in [-0.39, 0.29) is 24.7 Å². The lowest BCUT2D eigenvalue weighted by Crippen LogP contribution is -2.16. The van der Waals surface area contributed by atoms with Gasteiger partial charge in [-0.2, -0.15) is 0 Å². The van der Waals surface area contributed by atoms with Crippen LogP contribution in [0.25, 0.3) is 11.0 Å². The van der Waals surface area contributed by atoms with Crippen molar-refractivity contribution in [2.75, 3.05) is 39.2 Å². The molecular weight excluding hydrogens is 408 g/mol. The molecule has 0 amide bonds. The van der Waals surface area contributed by atoms with Crippen LogP contribution in [0.2, 0.25) is 0 Å². The highest BCUT2D eigenvalue weighted by Crippen LogP contribution is 2.34. The van der Waals surface area contributed by atoms with Crippen LogP contribution in [0, 0.1) is 0 Å². The first-order chi connectivity index (χ1) is 15.5. The van der Waals surface area contributed by atoms with Crippen molar-refractivity contribution in [2.24, 2.45) is 0 Å². The molecule has 0 spiro atoms. The molecule has 1 aromatic heterocycles. The number of phenolic OH excluding ortho intramolecular Hbond substituents is 1. The molecule has 1 fully saturated rings. The Balaban J connectivity index is 1.48. The second-order valence-electron chi connectivity index (χ2n) is 8.43. The van der Waals surface area contributed by atoms with Crippen LogP contribution in [-0.4, -0.2) is 64.6 Å². The number of rotatable bonds is 10. The van der Waals surface area contributed by atoms with E-state index in [2.05, 4.69) is 14.8 Å². The SMILES string of the molecule is CN(C)CCCOc1cc(CNc2nc3ccccc3n2[C@H]2CC[C@@H](CO)O2)ccc1O. The zero-order valence-corrected chi connectivity index (χ0v) is 18.7. The number of aromatic nitrogens is 2. The highest BCUT2D eigenvalue weighted by molar-refractivity contribution is 5.78. The van der Waals surface area contributed by atoms with Crippen LogP contribution >= 0.6 is 0 Å². The summed E-state index contributed by atoms with van der Waals surface area (Å²) in [5.41, 5.74) is 2.86. The number of hydrogen-bond donors (Lipinski definition) is 3. The minimum atomic E-state index is -0.169. The van der Waals surface area contributed by atoms with Crippen molar-refractivity contribution in [3.8, 4) is 11.5 Å². The fourth-order valence-corrected chi connectivity index (χ4v) is 4.00. The minimum Gasteiger partial charge on any atom is -0.504 e. The molecule has 8 heteroatoms. The number of nitrogens with one attached hydrogen (secondary N) is 1. The summed E-state index contributed by atoms with van der Waals surface area (Å²) in [5, 5.41) is 23.0. The van der Waals surface area contributed by atoms with E-state index < -0.39 is 0 Å². The molecule has 3 aromatic rings. The molecular formula is C24H32N4O4. The maximum Gasteiger partial charge on any atom is 0.206 e. The molecule has 1 aliphatic heterocycles. The maximum atomic E-state index is 10.2. The number of aliphatic hydroxyl groups excluding tert-OH is 1. The monoisotopic (exact) mass is 440 g/mol. The van der Waals surface area contributed by atoms with Crippen LogP contribution in [-0.2, 0) is 11.3 Å². The van der Waals surface area contributed by atoms with Gasteiger partial charge < -0.3 is 29.9 Å². The van der Waals surface area contributed by atoms with Gasteiger partial charge in [-0.15, -0.1) is 0 Å². The second-order valence-corrected chi connectivity index (χ2v) is 8.43. The van der Waals surface area contributed by atoms with Gasteiger partial charge in [0.15, 0.2) is 11.5 Å². The number of benzene rings is 2. The number of phenols is 1. The highest BCUT2D eigenvalue weighted by Gasteiger charge is 2.29. The van der Waals surface area contributed by atoms with E-state index in [1.54, 1.807) is 6.07 Å². The van der Waals surface area contributed by atoms with Gasteiger partial charge >= 0.3 is 0 Å². The van der Waals surface area contributed by atoms with E-state index in [1.807, 2.05) is 50.5 Å². The number of aliphatic hydroxyl groups is 1. The van der Waals surface area contributed by atoms with Crippen LogP contribution in [0.15, 0.2) is 42.5 Å². The van der Waals surface area contributed by atoms with E-state index in [0.29, 0.717) is 18.9 Å². The summed E-state index contributed by atoms with van der Waals surface area (Å²) < 4.78 is 13.9. The van der Waals surface area contributed by atoms with E-state index in [9.17, 15) is 10.2 Å². The molecule has 8 nitrogen and oxygen atoms in total. The summed E-state index contributed by atoms with van der Waals surface area (Å²) in [4.78, 5) is 6.87. The summed E-state index contributed by atoms with van der Waals surface area (Å²) in [5.74, 6) is 1.35. The average Bonchev–Trinajstić information content (AvgIpc) is 3.40. The molecule has 3 N–H and O–H groups in total. The van der Waals surface area contributed by atoms with Gasteiger partial charge in [0.2, 0.25) is 5.95 Å². The predicted octanol–water partition coefficient (Wildman–Crippen LogP) is 3.35. The molecule has 4 rings (SSSR count). The third kappa shape index (κ3) is 5.15. The molecule has 0 unspecified atom stereocenters. The number of para-hydroxylation sites is 2. The van der Waals surface area contributed by atoms with Crippen LogP contribution in [0.1, 0.15) is 31.1 Å². The summed E-state index contributed by atoms with van der Waals surface area (Å²) in [6, 6.07) is 13.4. The van der Waals surface area contributed by atoms with Crippen LogP contribution < -0.4 is 10.1 Å². The lowest BCUT2D eigenvalue weighted by molar-refractivity contribution is -0.0195. The van der Waals surface area contributed by atoms with Gasteiger partial charge in [0.05, 0.1) is 30.4 Å². The third-order valence-corrected chi connectivity index (χ3v) is 5.65. The summed E-state index contributed by atoms with van der Waals surface area (Å²) in [6.07, 6.45) is 2.22. The Bertz CT molecular complexity index is 1040. The number of anilines is 1. The van der Waals surface area contributed by atoms with Crippen molar-refractivity contribution in [1.29, 1.82) is 0 Å². The van der Waals surface area contributed by atoms with Gasteiger partial charge in [0.1, 0.15) is 6.23 Å². The first kappa shape index (κ1) is 22.4. The van der Waals surface area contributed by atoms with Crippen molar-refractivity contribution in [3.05, 3.63) is 48.0 Å². The Labute approximate surface area is 188 Å². The number of fused-ring (bicyclic) bond motifs is 1. The fourth-order valence-electron chi connectivity index (χ4n) is 4.00. The lowest BCUT2D eigenvalue weighted by Gasteiger charge is -2.18. The first-order valence-corrected chi connectivity index (χ1v) is 11.1. The van der Waals surface area contributed by atoms with E-state index in [1.165, 1.54) is 0 Å². The molecule has 0 aliphatic carbocycles. The molecule has 1 aliphatic rings. The van der Waals surface area contributed by atoms with E-state index in [4.69, 9.17) is 14.5 Å². The predicted molar refractivity (Wildman–Crippen MR) is 124 cm³/mol.